The van der Waals surface area contributed by atoms with E-state index in [9.17, 15) is 41.1 Å². The van der Waals surface area contributed by atoms with Gasteiger partial charge in [0, 0.05) is 18.0 Å². The van der Waals surface area contributed by atoms with Gasteiger partial charge < -0.3 is 25.2 Å². The average molecular weight is 514 g/mol. The molecule has 4 N–H and O–H groups in total. The van der Waals surface area contributed by atoms with Crippen molar-refractivity contribution in [1.82, 2.24) is 19.6 Å². The number of allylic oxidation sites excluding steroid dienone is 1. The van der Waals surface area contributed by atoms with Crippen LogP contribution in [0.2, 0.25) is 0 Å². The Balaban J connectivity index is 1.83. The lowest BCUT2D eigenvalue weighted by Gasteiger charge is -2.49. The standard InChI is InChI=1S/C14H13F3N6O8S2/c1-30-21-7(9-20-13(18)32-22-9)10(24)19-6-4-2-3-5(31-33(28,29)14(15,16)17)8(12(26)27)23(4)11(6)25/h4,6H,2-3H2,1H3,(H,19,24)(H,26,27)(H2,18,20,22)/b21-7-. The number of alkyl halides is 3. The van der Waals surface area contributed by atoms with Crippen molar-refractivity contribution < 1.29 is 50.1 Å². The lowest BCUT2D eigenvalue weighted by atomic mass is 9.85. The van der Waals surface area contributed by atoms with Crippen LogP contribution in [0.1, 0.15) is 18.7 Å². The van der Waals surface area contributed by atoms with E-state index in [1.165, 1.54) is 0 Å². The maximum atomic E-state index is 12.6. The molecule has 1 aromatic rings. The quantitative estimate of drug-likeness (QED) is 0.134. The number of nitrogens with zero attached hydrogens (tertiary/aromatic N) is 4. The number of β-lactam (4-membered cyclic amide) rings is 1. The number of anilines is 1. The van der Waals surface area contributed by atoms with Crippen LogP contribution in [0.5, 0.6) is 0 Å². The largest absolute Gasteiger partial charge is 0.534 e. The molecule has 2 aliphatic rings. The molecule has 1 fully saturated rings. The van der Waals surface area contributed by atoms with Gasteiger partial charge in [-0.3, -0.25) is 14.5 Å². The van der Waals surface area contributed by atoms with Crippen LogP contribution in [0.4, 0.5) is 18.3 Å². The Labute approximate surface area is 186 Å². The number of hydrogen-bond acceptors (Lipinski definition) is 12. The first kappa shape index (κ1) is 24.2. The number of carbonyl (C=O) groups is 3. The van der Waals surface area contributed by atoms with Crippen molar-refractivity contribution in [2.75, 3.05) is 12.8 Å². The second-order valence-electron chi connectivity index (χ2n) is 6.40. The van der Waals surface area contributed by atoms with Gasteiger partial charge in [0.1, 0.15) is 13.2 Å². The van der Waals surface area contributed by atoms with E-state index >= 15 is 0 Å². The number of fused-ring (bicyclic) bond motifs is 1. The minimum atomic E-state index is -6.16. The maximum Gasteiger partial charge on any atom is 0.534 e. The number of aliphatic carboxylic acids is 1. The van der Waals surface area contributed by atoms with Gasteiger partial charge in [0.2, 0.25) is 11.5 Å². The summed E-state index contributed by atoms with van der Waals surface area (Å²) in [5, 5.41) is 15.1. The molecule has 2 unspecified atom stereocenters. The van der Waals surface area contributed by atoms with Crippen LogP contribution >= 0.6 is 11.5 Å². The number of carboxylic acid groups (broad SMARTS) is 1. The van der Waals surface area contributed by atoms with Crippen molar-refractivity contribution in [3.05, 3.63) is 17.3 Å². The summed E-state index contributed by atoms with van der Waals surface area (Å²) >= 11 is 0.754. The first-order valence-corrected chi connectivity index (χ1v) is 10.8. The molecule has 3 rings (SSSR count). The number of halogens is 3. The second-order valence-corrected chi connectivity index (χ2v) is 8.73. The van der Waals surface area contributed by atoms with Crippen molar-refractivity contribution in [2.45, 2.75) is 30.4 Å². The molecule has 2 aliphatic heterocycles. The van der Waals surface area contributed by atoms with E-state index in [0.717, 1.165) is 18.6 Å². The van der Waals surface area contributed by atoms with Gasteiger partial charge in [-0.25, -0.2) is 4.79 Å². The molecule has 0 radical (unpaired) electrons. The monoisotopic (exact) mass is 514 g/mol. The first-order valence-electron chi connectivity index (χ1n) is 8.60. The number of hydrogen-bond donors (Lipinski definition) is 3. The molecular weight excluding hydrogens is 501 g/mol. The molecule has 14 nitrogen and oxygen atoms in total. The fraction of sp³-hybridized carbons (Fsp3) is 0.429. The molecule has 1 aromatic heterocycles. The summed E-state index contributed by atoms with van der Waals surface area (Å²) in [6.07, 6.45) is -0.782. The number of oxime groups is 1. The van der Waals surface area contributed by atoms with Crippen molar-refractivity contribution in [3.8, 4) is 0 Å². The zero-order valence-electron chi connectivity index (χ0n) is 16.2. The lowest BCUT2D eigenvalue weighted by molar-refractivity contribution is -0.156. The number of nitrogens with two attached hydrogens (primary N) is 1. The highest BCUT2D eigenvalue weighted by Gasteiger charge is 2.56. The van der Waals surface area contributed by atoms with Gasteiger partial charge >= 0.3 is 21.6 Å². The van der Waals surface area contributed by atoms with E-state index in [1.54, 1.807) is 0 Å². The predicted molar refractivity (Wildman–Crippen MR) is 100 cm³/mol. The molecule has 19 heteroatoms. The summed E-state index contributed by atoms with van der Waals surface area (Å²) in [7, 11) is -5.03. The summed E-state index contributed by atoms with van der Waals surface area (Å²) in [6.45, 7) is 0. The SMILES string of the molecule is CO/N=C(\C(=O)NC1C(=O)N2C(C(=O)O)=C(OS(=O)(=O)C(F)(F)F)CCC12)c1nsc(N)n1. The van der Waals surface area contributed by atoms with Crippen LogP contribution in [0, 0.1) is 0 Å². The first-order chi connectivity index (χ1) is 15.3. The Morgan fingerprint density at radius 3 is 2.58 bits per heavy atom. The zero-order valence-corrected chi connectivity index (χ0v) is 17.8. The molecule has 2 amide bonds. The highest BCUT2D eigenvalue weighted by atomic mass is 32.2. The minimum absolute atomic E-state index is 0.0114. The normalized spacial score (nSPS) is 21.3. The molecule has 0 aliphatic carbocycles. The third-order valence-corrected chi connectivity index (χ3v) is 5.96. The van der Waals surface area contributed by atoms with Crippen molar-refractivity contribution >= 4 is 50.3 Å². The highest BCUT2D eigenvalue weighted by Crippen LogP contribution is 2.39. The van der Waals surface area contributed by atoms with Crippen LogP contribution in [0.3, 0.4) is 0 Å². The number of nitrogens with one attached hydrogen (secondary N) is 1. The highest BCUT2D eigenvalue weighted by molar-refractivity contribution is 7.87. The van der Waals surface area contributed by atoms with Gasteiger partial charge in [0.05, 0.1) is 6.04 Å². The zero-order chi connectivity index (χ0) is 24.7. The number of rotatable bonds is 7. The molecule has 0 spiro atoms. The van der Waals surface area contributed by atoms with E-state index in [1.807, 2.05) is 0 Å². The van der Waals surface area contributed by atoms with Crippen LogP contribution in [0.25, 0.3) is 0 Å². The van der Waals surface area contributed by atoms with E-state index in [2.05, 4.69) is 28.9 Å². The topological polar surface area (TPSA) is 203 Å². The van der Waals surface area contributed by atoms with Gasteiger partial charge in [-0.15, -0.1) is 0 Å². The molecule has 0 bridgehead atoms. The molecule has 180 valence electrons. The molecular formula is C14H13F3N6O8S2. The van der Waals surface area contributed by atoms with Crippen molar-refractivity contribution in [1.29, 1.82) is 0 Å². The summed E-state index contributed by atoms with van der Waals surface area (Å²) in [4.78, 5) is 45.6. The summed E-state index contributed by atoms with van der Waals surface area (Å²) < 4.78 is 68.2. The number of amides is 2. The minimum Gasteiger partial charge on any atom is -0.476 e. The Morgan fingerprint density at radius 2 is 2.06 bits per heavy atom. The fourth-order valence-electron chi connectivity index (χ4n) is 3.11. The maximum absolute atomic E-state index is 12.6. The Morgan fingerprint density at radius 1 is 1.39 bits per heavy atom. The Kier molecular flexibility index (Phi) is 6.20. The summed E-state index contributed by atoms with van der Waals surface area (Å²) in [5.41, 5.74) is -1.86. The summed E-state index contributed by atoms with van der Waals surface area (Å²) in [5.74, 6) is -5.16. The predicted octanol–water partition coefficient (Wildman–Crippen LogP) is -0.877. The average Bonchev–Trinajstić information content (AvgIpc) is 3.14. The van der Waals surface area contributed by atoms with Crippen LogP contribution < -0.4 is 11.1 Å². The molecule has 2 atom stereocenters. The van der Waals surface area contributed by atoms with Gasteiger partial charge in [0.25, 0.3) is 11.8 Å². The van der Waals surface area contributed by atoms with E-state index in [0.29, 0.717) is 4.90 Å². The molecule has 33 heavy (non-hydrogen) atoms. The van der Waals surface area contributed by atoms with Crippen LogP contribution in [-0.2, 0) is 33.5 Å². The van der Waals surface area contributed by atoms with Gasteiger partial charge in [-0.1, -0.05) is 5.16 Å². The summed E-state index contributed by atoms with van der Waals surface area (Å²) in [6, 6.07) is -2.31. The lowest BCUT2D eigenvalue weighted by Crippen LogP contribution is -2.72. The smallest absolute Gasteiger partial charge is 0.476 e. The van der Waals surface area contributed by atoms with Crippen molar-refractivity contribution in [3.63, 3.8) is 0 Å². The second kappa shape index (κ2) is 8.46. The third-order valence-electron chi connectivity index (χ3n) is 4.43. The van der Waals surface area contributed by atoms with Gasteiger partial charge in [-0.05, 0) is 6.42 Å². The molecule has 3 heterocycles. The van der Waals surface area contributed by atoms with E-state index in [-0.39, 0.29) is 17.4 Å². The fourth-order valence-corrected chi connectivity index (χ4v) is 4.06. The van der Waals surface area contributed by atoms with Crippen molar-refractivity contribution in [2.24, 2.45) is 5.16 Å². The van der Waals surface area contributed by atoms with E-state index in [4.69, 9.17) is 5.73 Å². The van der Waals surface area contributed by atoms with E-state index < -0.39 is 69.1 Å². The van der Waals surface area contributed by atoms with Crippen LogP contribution in [0.15, 0.2) is 16.6 Å². The third kappa shape index (κ3) is 4.40. The Hall–Kier alpha value is -3.48. The number of carboxylic acids is 1. The van der Waals surface area contributed by atoms with Crippen LogP contribution in [-0.4, -0.2) is 76.0 Å². The molecule has 0 saturated carbocycles. The van der Waals surface area contributed by atoms with Gasteiger partial charge in [-0.2, -0.15) is 30.9 Å². The molecule has 1 saturated heterocycles. The Bertz CT molecular complexity index is 1180. The van der Waals surface area contributed by atoms with Gasteiger partial charge in [0.15, 0.2) is 16.6 Å². The number of nitrogen functional groups attached to an aromatic ring is 1. The number of aromatic nitrogens is 2. The molecule has 0 aromatic carbocycles. The number of carbonyl (C=O) groups excluding carboxylic acids is 2.